The van der Waals surface area contributed by atoms with Crippen LogP contribution in [-0.4, -0.2) is 32.3 Å². The van der Waals surface area contributed by atoms with Crippen LogP contribution in [0.3, 0.4) is 0 Å². The first-order valence-corrected chi connectivity index (χ1v) is 6.61. The third kappa shape index (κ3) is 4.71. The molecule has 0 saturated carbocycles. The van der Waals surface area contributed by atoms with Crippen LogP contribution in [0, 0.1) is 0 Å². The predicted octanol–water partition coefficient (Wildman–Crippen LogP) is 1.86. The van der Waals surface area contributed by atoms with E-state index in [-0.39, 0.29) is 6.10 Å². The van der Waals surface area contributed by atoms with Crippen LogP contribution in [0.15, 0.2) is 12.4 Å². The first-order valence-electron chi connectivity index (χ1n) is 5.46. The van der Waals surface area contributed by atoms with Crippen molar-refractivity contribution >= 4 is 11.8 Å². The smallest absolute Gasteiger partial charge is 0.108 e. The Morgan fingerprint density at radius 3 is 3.00 bits per heavy atom. The Hall–Kier alpha value is -0.480. The SMILES string of the molecule is CCCSCC(O)CCc1nccn1C. The van der Waals surface area contributed by atoms with Gasteiger partial charge in [0, 0.05) is 31.6 Å². The van der Waals surface area contributed by atoms with E-state index in [0.29, 0.717) is 0 Å². The molecule has 1 rings (SSSR count). The lowest BCUT2D eigenvalue weighted by atomic mass is 10.2. The fourth-order valence-corrected chi connectivity index (χ4v) is 2.27. The van der Waals surface area contributed by atoms with E-state index in [1.807, 2.05) is 29.6 Å². The second-order valence-electron chi connectivity index (χ2n) is 3.72. The topological polar surface area (TPSA) is 38.1 Å². The predicted molar refractivity (Wildman–Crippen MR) is 65.2 cm³/mol. The Bertz CT molecular complexity index is 275. The zero-order valence-corrected chi connectivity index (χ0v) is 10.3. The van der Waals surface area contributed by atoms with Gasteiger partial charge in [0.25, 0.3) is 0 Å². The lowest BCUT2D eigenvalue weighted by Crippen LogP contribution is -2.12. The Labute approximate surface area is 95.9 Å². The zero-order chi connectivity index (χ0) is 11.1. The molecule has 15 heavy (non-hydrogen) atoms. The van der Waals surface area contributed by atoms with Gasteiger partial charge >= 0.3 is 0 Å². The van der Waals surface area contributed by atoms with Gasteiger partial charge in [0.1, 0.15) is 5.82 Å². The third-order valence-corrected chi connectivity index (χ3v) is 3.60. The molecule has 1 atom stereocenters. The molecule has 0 radical (unpaired) electrons. The van der Waals surface area contributed by atoms with Gasteiger partial charge in [0.15, 0.2) is 0 Å². The summed E-state index contributed by atoms with van der Waals surface area (Å²) in [6.07, 6.45) is 6.38. The summed E-state index contributed by atoms with van der Waals surface area (Å²) in [5.74, 6) is 3.03. The van der Waals surface area contributed by atoms with Gasteiger partial charge < -0.3 is 9.67 Å². The number of hydrogen-bond acceptors (Lipinski definition) is 3. The van der Waals surface area contributed by atoms with Gasteiger partial charge in [-0.2, -0.15) is 11.8 Å². The van der Waals surface area contributed by atoms with Crippen LogP contribution in [0.5, 0.6) is 0 Å². The first kappa shape index (κ1) is 12.6. The number of aromatic nitrogens is 2. The van der Waals surface area contributed by atoms with Crippen molar-refractivity contribution in [2.75, 3.05) is 11.5 Å². The summed E-state index contributed by atoms with van der Waals surface area (Å²) in [6, 6.07) is 0. The maximum Gasteiger partial charge on any atom is 0.108 e. The Balaban J connectivity index is 2.16. The summed E-state index contributed by atoms with van der Waals surface area (Å²) in [7, 11) is 1.99. The van der Waals surface area contributed by atoms with Gasteiger partial charge in [-0.3, -0.25) is 0 Å². The fraction of sp³-hybridized carbons (Fsp3) is 0.727. The van der Waals surface area contributed by atoms with Crippen LogP contribution in [0.25, 0.3) is 0 Å². The van der Waals surface area contributed by atoms with Crippen LogP contribution in [0.4, 0.5) is 0 Å². The number of thioether (sulfide) groups is 1. The number of imidazole rings is 1. The summed E-state index contributed by atoms with van der Waals surface area (Å²) >= 11 is 1.83. The quantitative estimate of drug-likeness (QED) is 0.724. The summed E-state index contributed by atoms with van der Waals surface area (Å²) in [4.78, 5) is 4.23. The van der Waals surface area contributed by atoms with Crippen molar-refractivity contribution in [3.63, 3.8) is 0 Å². The molecule has 0 bridgehead atoms. The molecule has 0 aromatic carbocycles. The van der Waals surface area contributed by atoms with Crippen LogP contribution in [0.1, 0.15) is 25.6 Å². The fourth-order valence-electron chi connectivity index (χ4n) is 1.38. The molecular weight excluding hydrogens is 208 g/mol. The van der Waals surface area contributed by atoms with Crippen molar-refractivity contribution in [1.82, 2.24) is 9.55 Å². The monoisotopic (exact) mass is 228 g/mol. The Morgan fingerprint density at radius 1 is 1.60 bits per heavy atom. The Kier molecular flexibility index (Phi) is 5.79. The first-order chi connectivity index (χ1) is 7.24. The maximum atomic E-state index is 9.71. The summed E-state index contributed by atoms with van der Waals surface area (Å²) in [6.45, 7) is 2.16. The lowest BCUT2D eigenvalue weighted by Gasteiger charge is -2.09. The Morgan fingerprint density at radius 2 is 2.40 bits per heavy atom. The molecule has 0 aliphatic carbocycles. The van der Waals surface area contributed by atoms with Crippen LogP contribution in [0.2, 0.25) is 0 Å². The minimum atomic E-state index is -0.196. The number of aliphatic hydroxyl groups excluding tert-OH is 1. The van der Waals surface area contributed by atoms with Gasteiger partial charge in [-0.1, -0.05) is 6.92 Å². The number of aryl methyl sites for hydroxylation is 2. The van der Waals surface area contributed by atoms with E-state index in [0.717, 1.165) is 30.2 Å². The number of nitrogens with zero attached hydrogens (tertiary/aromatic N) is 2. The highest BCUT2D eigenvalue weighted by atomic mass is 32.2. The number of aliphatic hydroxyl groups is 1. The van der Waals surface area contributed by atoms with E-state index in [1.54, 1.807) is 6.20 Å². The average Bonchev–Trinajstić information content (AvgIpc) is 2.61. The highest BCUT2D eigenvalue weighted by molar-refractivity contribution is 7.99. The molecule has 4 heteroatoms. The minimum absolute atomic E-state index is 0.196. The van der Waals surface area contributed by atoms with Crippen molar-refractivity contribution < 1.29 is 5.11 Å². The van der Waals surface area contributed by atoms with Crippen molar-refractivity contribution in [2.45, 2.75) is 32.3 Å². The van der Waals surface area contributed by atoms with E-state index in [9.17, 15) is 5.11 Å². The maximum absolute atomic E-state index is 9.71. The highest BCUT2D eigenvalue weighted by Gasteiger charge is 2.06. The van der Waals surface area contributed by atoms with Crippen LogP contribution >= 0.6 is 11.8 Å². The summed E-state index contributed by atoms with van der Waals surface area (Å²) in [5, 5.41) is 9.71. The van der Waals surface area contributed by atoms with Crippen molar-refractivity contribution in [3.05, 3.63) is 18.2 Å². The van der Waals surface area contributed by atoms with Gasteiger partial charge in [-0.05, 0) is 18.6 Å². The molecule has 0 spiro atoms. The van der Waals surface area contributed by atoms with Gasteiger partial charge in [-0.25, -0.2) is 4.98 Å². The molecule has 3 nitrogen and oxygen atoms in total. The second kappa shape index (κ2) is 6.90. The molecule has 1 aromatic heterocycles. The average molecular weight is 228 g/mol. The van der Waals surface area contributed by atoms with Crippen molar-refractivity contribution in [3.8, 4) is 0 Å². The molecule has 86 valence electrons. The largest absolute Gasteiger partial charge is 0.392 e. The number of rotatable bonds is 7. The van der Waals surface area contributed by atoms with Gasteiger partial charge in [-0.15, -0.1) is 0 Å². The molecule has 0 aliphatic heterocycles. The molecule has 0 fully saturated rings. The highest BCUT2D eigenvalue weighted by Crippen LogP contribution is 2.09. The summed E-state index contributed by atoms with van der Waals surface area (Å²) in [5.41, 5.74) is 0. The van der Waals surface area contributed by atoms with Crippen molar-refractivity contribution in [1.29, 1.82) is 0 Å². The molecule has 0 aliphatic rings. The van der Waals surface area contributed by atoms with Gasteiger partial charge in [0.2, 0.25) is 0 Å². The van der Waals surface area contributed by atoms with E-state index >= 15 is 0 Å². The summed E-state index contributed by atoms with van der Waals surface area (Å²) < 4.78 is 2.01. The molecular formula is C11H20N2OS. The van der Waals surface area contributed by atoms with E-state index in [1.165, 1.54) is 6.42 Å². The second-order valence-corrected chi connectivity index (χ2v) is 4.87. The molecule has 1 unspecified atom stereocenters. The normalized spacial score (nSPS) is 13.0. The molecule has 0 amide bonds. The lowest BCUT2D eigenvalue weighted by molar-refractivity contribution is 0.188. The van der Waals surface area contributed by atoms with E-state index < -0.39 is 0 Å². The van der Waals surface area contributed by atoms with Crippen molar-refractivity contribution in [2.24, 2.45) is 7.05 Å². The third-order valence-electron chi connectivity index (χ3n) is 2.28. The van der Waals surface area contributed by atoms with Crippen LogP contribution in [-0.2, 0) is 13.5 Å². The molecule has 1 heterocycles. The van der Waals surface area contributed by atoms with Gasteiger partial charge in [0.05, 0.1) is 6.10 Å². The van der Waals surface area contributed by atoms with E-state index in [2.05, 4.69) is 11.9 Å². The van der Waals surface area contributed by atoms with E-state index in [4.69, 9.17) is 0 Å². The molecule has 0 saturated heterocycles. The molecule has 1 N–H and O–H groups in total. The standard InChI is InChI=1S/C11H20N2OS/c1-3-8-15-9-10(14)4-5-11-12-6-7-13(11)2/h6-7,10,14H,3-5,8-9H2,1-2H3. The number of hydrogen-bond donors (Lipinski definition) is 1. The van der Waals surface area contributed by atoms with Crippen LogP contribution < -0.4 is 0 Å². The zero-order valence-electron chi connectivity index (χ0n) is 9.52. The minimum Gasteiger partial charge on any atom is -0.392 e. The molecule has 1 aromatic rings.